The molecule has 2 N–H and O–H groups in total. The molecule has 0 aliphatic rings. The number of carbonyl (C=O) groups is 3. The number of esters is 1. The molecule has 0 aliphatic carbocycles. The van der Waals surface area contributed by atoms with Crippen LogP contribution in [0.1, 0.15) is 26.2 Å². The smallest absolute Gasteiger partial charge is 0.306 e. The van der Waals surface area contributed by atoms with Gasteiger partial charge in [-0.2, -0.15) is 0 Å². The highest BCUT2D eigenvalue weighted by Gasteiger charge is 2.12. The summed E-state index contributed by atoms with van der Waals surface area (Å²) < 4.78 is 16.5. The maximum absolute atomic E-state index is 12.3. The first-order valence-corrected chi connectivity index (χ1v) is 12.7. The summed E-state index contributed by atoms with van der Waals surface area (Å²) in [5, 5.41) is 7.58. The zero-order valence-electron chi connectivity index (χ0n) is 21.6. The lowest BCUT2D eigenvalue weighted by molar-refractivity contribution is -0.147. The summed E-state index contributed by atoms with van der Waals surface area (Å²) in [6.45, 7) is 1.89. The fraction of sp³-hybridized carbons (Fsp3) is 0.194. The van der Waals surface area contributed by atoms with Crippen molar-refractivity contribution in [3.8, 4) is 17.2 Å². The minimum Gasteiger partial charge on any atom is -0.492 e. The zero-order chi connectivity index (χ0) is 27.5. The lowest BCUT2D eigenvalue weighted by Gasteiger charge is -2.11. The average molecular weight is 527 g/mol. The molecule has 0 bridgehead atoms. The van der Waals surface area contributed by atoms with Crippen molar-refractivity contribution in [1.82, 2.24) is 0 Å². The van der Waals surface area contributed by atoms with Crippen LogP contribution in [0.5, 0.6) is 17.2 Å². The molecule has 0 unspecified atom stereocenters. The Morgan fingerprint density at radius 2 is 1.44 bits per heavy atom. The Hall–Kier alpha value is -4.85. The van der Waals surface area contributed by atoms with Crippen LogP contribution in [0.15, 0.2) is 91.0 Å². The fourth-order valence-electron chi connectivity index (χ4n) is 3.89. The average Bonchev–Trinajstić information content (AvgIpc) is 2.94. The molecule has 0 saturated heterocycles. The number of benzene rings is 4. The molecule has 0 saturated carbocycles. The number of amides is 2. The largest absolute Gasteiger partial charge is 0.492 e. The maximum atomic E-state index is 12.3. The van der Waals surface area contributed by atoms with Gasteiger partial charge in [-0.3, -0.25) is 14.4 Å². The van der Waals surface area contributed by atoms with Gasteiger partial charge in [-0.15, -0.1) is 0 Å². The molecule has 8 nitrogen and oxygen atoms in total. The van der Waals surface area contributed by atoms with Crippen LogP contribution in [0.4, 0.5) is 11.4 Å². The Bertz CT molecular complexity index is 1430. The van der Waals surface area contributed by atoms with Crippen molar-refractivity contribution in [3.63, 3.8) is 0 Å². The van der Waals surface area contributed by atoms with Gasteiger partial charge in [-0.05, 0) is 61.2 Å². The summed E-state index contributed by atoms with van der Waals surface area (Å²) in [4.78, 5) is 36.4. The normalized spacial score (nSPS) is 10.5. The van der Waals surface area contributed by atoms with E-state index >= 15 is 0 Å². The van der Waals surface area contributed by atoms with E-state index in [9.17, 15) is 14.4 Å². The van der Waals surface area contributed by atoms with Crippen molar-refractivity contribution >= 4 is 39.9 Å². The van der Waals surface area contributed by atoms with Gasteiger partial charge in [0.25, 0.3) is 5.91 Å². The van der Waals surface area contributed by atoms with Crippen LogP contribution in [0.2, 0.25) is 0 Å². The minimum atomic E-state index is -0.550. The van der Waals surface area contributed by atoms with Crippen LogP contribution < -0.4 is 20.1 Å². The topological polar surface area (TPSA) is 103 Å². The predicted molar refractivity (Wildman–Crippen MR) is 150 cm³/mol. The fourth-order valence-corrected chi connectivity index (χ4v) is 3.89. The van der Waals surface area contributed by atoms with Crippen molar-refractivity contribution in [1.29, 1.82) is 0 Å². The maximum Gasteiger partial charge on any atom is 0.306 e. The summed E-state index contributed by atoms with van der Waals surface area (Å²) >= 11 is 0. The molecule has 0 aromatic heterocycles. The third-order valence-corrected chi connectivity index (χ3v) is 5.73. The van der Waals surface area contributed by atoms with E-state index in [1.807, 2.05) is 49.4 Å². The first-order valence-electron chi connectivity index (χ1n) is 12.7. The summed E-state index contributed by atoms with van der Waals surface area (Å²) in [5.41, 5.74) is 1.13. The van der Waals surface area contributed by atoms with E-state index in [1.165, 1.54) is 0 Å². The molecule has 0 heterocycles. The third-order valence-electron chi connectivity index (χ3n) is 5.73. The van der Waals surface area contributed by atoms with Crippen LogP contribution in [0.25, 0.3) is 10.8 Å². The molecule has 39 heavy (non-hydrogen) atoms. The monoisotopic (exact) mass is 526 g/mol. The number of hydrogen-bond acceptors (Lipinski definition) is 6. The summed E-state index contributed by atoms with van der Waals surface area (Å²) in [5.74, 6) is 0.697. The number of para-hydroxylation sites is 2. The highest BCUT2D eigenvalue weighted by molar-refractivity contribution is 5.94. The van der Waals surface area contributed by atoms with Gasteiger partial charge in [0.05, 0.1) is 12.3 Å². The number of fused-ring (bicyclic) bond motifs is 1. The Kier molecular flexibility index (Phi) is 9.50. The minimum absolute atomic E-state index is 0.0219. The first-order chi connectivity index (χ1) is 19.0. The molecule has 4 rings (SSSR count). The van der Waals surface area contributed by atoms with Crippen molar-refractivity contribution < 1.29 is 28.6 Å². The van der Waals surface area contributed by atoms with Crippen LogP contribution >= 0.6 is 0 Å². The number of anilines is 2. The Balaban J connectivity index is 1.16. The first kappa shape index (κ1) is 27.2. The molecular weight excluding hydrogens is 496 g/mol. The van der Waals surface area contributed by atoms with Gasteiger partial charge in [0.15, 0.2) is 6.61 Å². The van der Waals surface area contributed by atoms with Gasteiger partial charge in [0.2, 0.25) is 5.91 Å². The van der Waals surface area contributed by atoms with Crippen LogP contribution in [-0.4, -0.2) is 31.0 Å². The van der Waals surface area contributed by atoms with Gasteiger partial charge in [-0.1, -0.05) is 48.5 Å². The number of nitrogens with one attached hydrogen (secondary N) is 2. The lowest BCUT2D eigenvalue weighted by atomic mass is 10.1. The van der Waals surface area contributed by atoms with E-state index in [4.69, 9.17) is 14.2 Å². The second-order valence-corrected chi connectivity index (χ2v) is 8.64. The SMILES string of the molecule is CCOc1ccccc1NC(=O)COC(=O)CCCC(=O)Nc1ccc(Oc2cccc3ccccc23)cc1. The summed E-state index contributed by atoms with van der Waals surface area (Å²) in [7, 11) is 0. The van der Waals surface area contributed by atoms with E-state index in [-0.39, 0.29) is 18.7 Å². The van der Waals surface area contributed by atoms with Gasteiger partial charge < -0.3 is 24.8 Å². The molecule has 0 radical (unpaired) electrons. The number of rotatable bonds is 12. The molecule has 8 heteroatoms. The standard InChI is InChI=1S/C31H30N2O6/c1-2-37-28-13-6-5-12-26(28)33-30(35)21-38-31(36)16-8-15-29(34)32-23-17-19-24(20-18-23)39-27-14-7-10-22-9-3-4-11-25(22)27/h3-7,9-14,17-20H,2,8,15-16,21H2,1H3,(H,32,34)(H,33,35). The highest BCUT2D eigenvalue weighted by Crippen LogP contribution is 2.30. The van der Waals surface area contributed by atoms with Crippen molar-refractivity contribution in [2.45, 2.75) is 26.2 Å². The molecule has 0 spiro atoms. The number of ether oxygens (including phenoxy) is 3. The van der Waals surface area contributed by atoms with Gasteiger partial charge in [0, 0.05) is 23.9 Å². The number of carbonyl (C=O) groups excluding carboxylic acids is 3. The molecule has 0 atom stereocenters. The Morgan fingerprint density at radius 3 is 2.26 bits per heavy atom. The van der Waals surface area contributed by atoms with E-state index in [2.05, 4.69) is 10.6 Å². The summed E-state index contributed by atoms with van der Waals surface area (Å²) in [6, 6.07) is 28.0. The summed E-state index contributed by atoms with van der Waals surface area (Å²) in [6.07, 6.45) is 0.451. The van der Waals surface area contributed by atoms with E-state index in [0.717, 1.165) is 16.5 Å². The Labute approximate surface area is 226 Å². The Morgan fingerprint density at radius 1 is 0.718 bits per heavy atom. The molecule has 0 fully saturated rings. The molecule has 0 aliphatic heterocycles. The second-order valence-electron chi connectivity index (χ2n) is 8.64. The van der Waals surface area contributed by atoms with Crippen molar-refractivity contribution in [3.05, 3.63) is 91.0 Å². The van der Waals surface area contributed by atoms with Gasteiger partial charge in [0.1, 0.15) is 17.2 Å². The highest BCUT2D eigenvalue weighted by atomic mass is 16.5. The van der Waals surface area contributed by atoms with E-state index < -0.39 is 18.5 Å². The third kappa shape index (κ3) is 8.07. The molecule has 2 amide bonds. The lowest BCUT2D eigenvalue weighted by Crippen LogP contribution is -2.21. The van der Waals surface area contributed by atoms with E-state index in [0.29, 0.717) is 35.9 Å². The van der Waals surface area contributed by atoms with Crippen LogP contribution in [-0.2, 0) is 19.1 Å². The van der Waals surface area contributed by atoms with Crippen molar-refractivity contribution in [2.24, 2.45) is 0 Å². The zero-order valence-corrected chi connectivity index (χ0v) is 21.6. The van der Waals surface area contributed by atoms with E-state index in [1.54, 1.807) is 48.5 Å². The van der Waals surface area contributed by atoms with Crippen LogP contribution in [0, 0.1) is 0 Å². The number of hydrogen-bond donors (Lipinski definition) is 2. The molecule has 4 aromatic rings. The quantitative estimate of drug-likeness (QED) is 0.209. The second kappa shape index (κ2) is 13.6. The van der Waals surface area contributed by atoms with Gasteiger partial charge >= 0.3 is 5.97 Å². The molecular formula is C31H30N2O6. The van der Waals surface area contributed by atoms with Crippen molar-refractivity contribution in [2.75, 3.05) is 23.8 Å². The predicted octanol–water partition coefficient (Wildman–Crippen LogP) is 6.32. The molecule has 200 valence electrons. The van der Waals surface area contributed by atoms with Crippen LogP contribution in [0.3, 0.4) is 0 Å². The molecule has 4 aromatic carbocycles. The van der Waals surface area contributed by atoms with Gasteiger partial charge in [-0.25, -0.2) is 0 Å².